The van der Waals surface area contributed by atoms with Crippen LogP contribution in [-0.4, -0.2) is 41.3 Å². The molecule has 1 aliphatic carbocycles. The Balaban J connectivity index is 1.88. The highest BCUT2D eigenvalue weighted by molar-refractivity contribution is 9.10. The maximum atomic E-state index is 10.6. The van der Waals surface area contributed by atoms with Gasteiger partial charge in [-0.15, -0.1) is 11.3 Å². The summed E-state index contributed by atoms with van der Waals surface area (Å²) in [5, 5.41) is 29.6. The normalized spacial score (nSPS) is 25.5. The second kappa shape index (κ2) is 12.8. The van der Waals surface area contributed by atoms with E-state index in [1.54, 1.807) is 11.3 Å². The number of carboxylic acid groups (broad SMARTS) is 1. The van der Waals surface area contributed by atoms with E-state index < -0.39 is 18.2 Å². The number of carbonyl (C=O) groups is 1. The lowest BCUT2D eigenvalue weighted by Gasteiger charge is -2.21. The number of halogens is 1. The summed E-state index contributed by atoms with van der Waals surface area (Å²) in [6, 6.07) is 2.12. The molecule has 0 amide bonds. The zero-order valence-corrected chi connectivity index (χ0v) is 19.9. The molecule has 0 saturated heterocycles. The number of aryl methyl sites for hydroxylation is 2. The molecular weight excluding hydrogens is 463 g/mol. The Bertz CT molecular complexity index is 713. The fourth-order valence-electron chi connectivity index (χ4n) is 4.14. The van der Waals surface area contributed by atoms with E-state index in [0.29, 0.717) is 25.6 Å². The van der Waals surface area contributed by atoms with Gasteiger partial charge < -0.3 is 15.3 Å². The average molecular weight is 495 g/mol. The molecule has 3 N–H and O–H groups in total. The summed E-state index contributed by atoms with van der Waals surface area (Å²) in [5.41, 5.74) is 0. The molecule has 2 unspecified atom stereocenters. The standard InChI is InChI=1S/C23H32BBrO4S/c1-15-21(25)13-18(30-15)10-8-17(26)9-11-19-16(14-24)12-22(27)20(19)6-4-2-3-5-7-23(28)29/h2,4,9,11,13,16-17,19-20,22,26-27H,3,5-8,10,12,14H2,1H3,(H,28,29)/b4-2?,11-9+/t16?,17-,19-,20+,22?/m0/s1. The lowest BCUT2D eigenvalue weighted by atomic mass is 9.80. The van der Waals surface area contributed by atoms with Crippen molar-refractivity contribution in [3.8, 4) is 0 Å². The largest absolute Gasteiger partial charge is 0.481 e. The summed E-state index contributed by atoms with van der Waals surface area (Å²) < 4.78 is 1.12. The van der Waals surface area contributed by atoms with Crippen LogP contribution in [0.25, 0.3) is 0 Å². The zero-order valence-electron chi connectivity index (χ0n) is 17.5. The number of thiophene rings is 1. The van der Waals surface area contributed by atoms with Gasteiger partial charge in [-0.1, -0.05) is 30.6 Å². The Labute approximate surface area is 193 Å². The van der Waals surface area contributed by atoms with Crippen LogP contribution in [0.15, 0.2) is 34.8 Å². The van der Waals surface area contributed by atoms with Gasteiger partial charge in [0.05, 0.1) is 20.1 Å². The predicted octanol–water partition coefficient (Wildman–Crippen LogP) is 5.07. The number of carboxylic acids is 1. The van der Waals surface area contributed by atoms with Gasteiger partial charge in [-0.2, -0.15) is 0 Å². The number of hydrogen-bond acceptors (Lipinski definition) is 4. The SMILES string of the molecule is [B]CC1CC(O)[C@H](CC=CCCCC(=O)O)[C@H]1/C=C/[C@@H](O)CCc1cc(Br)c(C)s1. The molecule has 0 bridgehead atoms. The van der Waals surface area contributed by atoms with Crippen LogP contribution in [0.4, 0.5) is 0 Å². The summed E-state index contributed by atoms with van der Waals surface area (Å²) in [7, 11) is 5.94. The molecule has 1 aliphatic rings. The van der Waals surface area contributed by atoms with Gasteiger partial charge in [-0.25, -0.2) is 0 Å². The van der Waals surface area contributed by atoms with Crippen molar-refractivity contribution in [2.75, 3.05) is 0 Å². The van der Waals surface area contributed by atoms with Crippen molar-refractivity contribution >= 4 is 41.1 Å². The fourth-order valence-corrected chi connectivity index (χ4v) is 5.76. The van der Waals surface area contributed by atoms with Crippen molar-refractivity contribution in [2.24, 2.45) is 17.8 Å². The van der Waals surface area contributed by atoms with Gasteiger partial charge in [0.1, 0.15) is 0 Å². The molecule has 1 heterocycles. The van der Waals surface area contributed by atoms with E-state index in [4.69, 9.17) is 13.0 Å². The highest BCUT2D eigenvalue weighted by Crippen LogP contribution is 2.42. The number of aliphatic hydroxyl groups excluding tert-OH is 2. The lowest BCUT2D eigenvalue weighted by Crippen LogP contribution is -2.19. The summed E-state index contributed by atoms with van der Waals surface area (Å²) in [6.07, 6.45) is 12.0. The third-order valence-electron chi connectivity index (χ3n) is 5.87. The minimum atomic E-state index is -0.772. The first kappa shape index (κ1) is 25.4. The first-order valence-corrected chi connectivity index (χ1v) is 12.3. The number of unbranched alkanes of at least 4 members (excludes halogenated alkanes) is 1. The maximum absolute atomic E-state index is 10.6. The van der Waals surface area contributed by atoms with Crippen molar-refractivity contribution in [3.63, 3.8) is 0 Å². The van der Waals surface area contributed by atoms with E-state index in [1.807, 2.05) is 18.2 Å². The number of hydrogen-bond donors (Lipinski definition) is 3. The quantitative estimate of drug-likeness (QED) is 0.215. The molecule has 1 aromatic rings. The highest BCUT2D eigenvalue weighted by atomic mass is 79.9. The van der Waals surface area contributed by atoms with E-state index in [0.717, 1.165) is 23.7 Å². The summed E-state index contributed by atoms with van der Waals surface area (Å²) >= 11 is 5.28. The van der Waals surface area contributed by atoms with Crippen molar-refractivity contribution in [3.05, 3.63) is 44.6 Å². The Morgan fingerprint density at radius 2 is 2.20 bits per heavy atom. The topological polar surface area (TPSA) is 77.8 Å². The second-order valence-electron chi connectivity index (χ2n) is 8.14. The smallest absolute Gasteiger partial charge is 0.303 e. The lowest BCUT2D eigenvalue weighted by molar-refractivity contribution is -0.137. The minimum absolute atomic E-state index is 0.0774. The minimum Gasteiger partial charge on any atom is -0.481 e. The van der Waals surface area contributed by atoms with Gasteiger partial charge >= 0.3 is 5.97 Å². The Morgan fingerprint density at radius 1 is 1.43 bits per heavy atom. The summed E-state index contributed by atoms with van der Waals surface area (Å²) in [6.45, 7) is 2.08. The second-order valence-corrected chi connectivity index (χ2v) is 10.3. The van der Waals surface area contributed by atoms with Crippen LogP contribution in [0.3, 0.4) is 0 Å². The van der Waals surface area contributed by atoms with E-state index in [9.17, 15) is 15.0 Å². The first-order valence-electron chi connectivity index (χ1n) is 10.7. The average Bonchev–Trinajstić information content (AvgIpc) is 3.19. The molecule has 2 rings (SSSR count). The molecule has 0 aromatic carbocycles. The van der Waals surface area contributed by atoms with Crippen LogP contribution in [0.1, 0.15) is 48.3 Å². The molecule has 164 valence electrons. The van der Waals surface area contributed by atoms with Crippen LogP contribution in [0.2, 0.25) is 6.32 Å². The molecule has 5 atom stereocenters. The molecule has 30 heavy (non-hydrogen) atoms. The third-order valence-corrected chi connectivity index (χ3v) is 8.06. The van der Waals surface area contributed by atoms with Gasteiger partial charge in [0.2, 0.25) is 0 Å². The van der Waals surface area contributed by atoms with Crippen LogP contribution in [-0.2, 0) is 11.2 Å². The van der Waals surface area contributed by atoms with Crippen LogP contribution in [0.5, 0.6) is 0 Å². The molecule has 0 aliphatic heterocycles. The summed E-state index contributed by atoms with van der Waals surface area (Å²) in [5.74, 6) is -0.342. The maximum Gasteiger partial charge on any atom is 0.303 e. The van der Waals surface area contributed by atoms with Crippen LogP contribution in [0, 0.1) is 24.7 Å². The van der Waals surface area contributed by atoms with Gasteiger partial charge in [-0.05, 0) is 85.2 Å². The predicted molar refractivity (Wildman–Crippen MR) is 127 cm³/mol. The number of aliphatic hydroxyl groups is 2. The Morgan fingerprint density at radius 3 is 2.83 bits per heavy atom. The molecule has 4 nitrogen and oxygen atoms in total. The van der Waals surface area contributed by atoms with Gasteiger partial charge in [-0.3, -0.25) is 4.79 Å². The van der Waals surface area contributed by atoms with Crippen molar-refractivity contribution < 1.29 is 20.1 Å². The molecule has 1 fully saturated rings. The van der Waals surface area contributed by atoms with E-state index in [-0.39, 0.29) is 24.2 Å². The van der Waals surface area contributed by atoms with Gasteiger partial charge in [0, 0.05) is 20.6 Å². The zero-order chi connectivity index (χ0) is 22.1. The molecule has 0 spiro atoms. The molecule has 2 radical (unpaired) electrons. The Kier molecular flexibility index (Phi) is 10.9. The van der Waals surface area contributed by atoms with Crippen LogP contribution < -0.4 is 0 Å². The van der Waals surface area contributed by atoms with Crippen molar-refractivity contribution in [2.45, 2.75) is 70.4 Å². The van der Waals surface area contributed by atoms with Crippen LogP contribution >= 0.6 is 27.3 Å². The van der Waals surface area contributed by atoms with Gasteiger partial charge in [0.25, 0.3) is 0 Å². The molecule has 7 heteroatoms. The monoisotopic (exact) mass is 494 g/mol. The fraction of sp³-hybridized carbons (Fsp3) is 0.609. The molecule has 1 saturated carbocycles. The van der Waals surface area contributed by atoms with E-state index in [1.165, 1.54) is 9.75 Å². The third kappa shape index (κ3) is 7.99. The first-order chi connectivity index (χ1) is 14.3. The van der Waals surface area contributed by atoms with Crippen molar-refractivity contribution in [1.82, 2.24) is 0 Å². The Hall–Kier alpha value is -0.885. The number of aliphatic carboxylic acids is 1. The molecular formula is C23H32BBrO4S. The number of rotatable bonds is 12. The van der Waals surface area contributed by atoms with E-state index >= 15 is 0 Å². The number of allylic oxidation sites excluding steroid dienone is 3. The summed E-state index contributed by atoms with van der Waals surface area (Å²) in [4.78, 5) is 13.1. The van der Waals surface area contributed by atoms with Crippen molar-refractivity contribution in [1.29, 1.82) is 0 Å². The highest BCUT2D eigenvalue weighted by Gasteiger charge is 2.39. The van der Waals surface area contributed by atoms with E-state index in [2.05, 4.69) is 35.0 Å². The van der Waals surface area contributed by atoms with Gasteiger partial charge in [0.15, 0.2) is 0 Å². The molecule has 1 aromatic heterocycles.